The molecule has 17 heavy (non-hydrogen) atoms. The Kier molecular flexibility index (Phi) is 4.18. The molecule has 4 nitrogen and oxygen atoms in total. The highest BCUT2D eigenvalue weighted by molar-refractivity contribution is 5.78. The van der Waals surface area contributed by atoms with Crippen LogP contribution in [-0.4, -0.2) is 43.0 Å². The van der Waals surface area contributed by atoms with Crippen molar-refractivity contribution in [1.29, 1.82) is 0 Å². The van der Waals surface area contributed by atoms with Gasteiger partial charge in [0.05, 0.1) is 6.54 Å². The fourth-order valence-corrected chi connectivity index (χ4v) is 3.18. The van der Waals surface area contributed by atoms with Gasteiger partial charge in [-0.2, -0.15) is 0 Å². The van der Waals surface area contributed by atoms with Gasteiger partial charge in [0, 0.05) is 25.7 Å². The van der Waals surface area contributed by atoms with E-state index in [1.807, 2.05) is 0 Å². The smallest absolute Gasteiger partial charge is 0.234 e. The van der Waals surface area contributed by atoms with Gasteiger partial charge in [-0.25, -0.2) is 0 Å². The molecule has 4 heteroatoms. The third kappa shape index (κ3) is 3.07. The van der Waals surface area contributed by atoms with E-state index in [4.69, 9.17) is 5.73 Å². The molecule has 1 saturated heterocycles. The molecule has 1 saturated carbocycles. The number of fused-ring (bicyclic) bond motifs is 1. The van der Waals surface area contributed by atoms with Crippen LogP contribution >= 0.6 is 0 Å². The van der Waals surface area contributed by atoms with Gasteiger partial charge >= 0.3 is 0 Å². The number of nitrogens with zero attached hydrogens (tertiary/aromatic N) is 1. The maximum atomic E-state index is 11.6. The lowest BCUT2D eigenvalue weighted by Crippen LogP contribution is -2.39. The van der Waals surface area contributed by atoms with Crippen LogP contribution in [0.2, 0.25) is 0 Å². The van der Waals surface area contributed by atoms with Gasteiger partial charge in [0.2, 0.25) is 5.91 Å². The largest absolute Gasteiger partial charge is 0.352 e. The predicted octanol–water partition coefficient (Wildman–Crippen LogP) is 0.348. The van der Waals surface area contributed by atoms with E-state index in [0.29, 0.717) is 31.0 Å². The second kappa shape index (κ2) is 5.65. The van der Waals surface area contributed by atoms with Crippen LogP contribution in [0.4, 0.5) is 0 Å². The molecule has 1 amide bonds. The number of nitrogens with one attached hydrogen (secondary N) is 1. The monoisotopic (exact) mass is 237 g/mol. The van der Waals surface area contributed by atoms with Crippen molar-refractivity contribution >= 4 is 5.91 Å². The molecule has 0 aromatic heterocycles. The summed E-state index contributed by atoms with van der Waals surface area (Å²) in [6, 6.07) is 0.343. The van der Waals surface area contributed by atoms with Gasteiger partial charge < -0.3 is 11.1 Å². The van der Waals surface area contributed by atoms with Crippen LogP contribution in [0.3, 0.4) is 0 Å². The molecule has 3 N–H and O–H groups in total. The van der Waals surface area contributed by atoms with Crippen LogP contribution in [0, 0.1) is 11.8 Å². The van der Waals surface area contributed by atoms with Gasteiger partial charge in [-0.05, 0) is 24.7 Å². The molecule has 0 aromatic carbocycles. The van der Waals surface area contributed by atoms with Gasteiger partial charge in [0.1, 0.15) is 0 Å². The fraction of sp³-hybridized carbons (Fsp3) is 0.769. The first kappa shape index (κ1) is 12.6. The quantitative estimate of drug-likeness (QED) is 0.694. The van der Waals surface area contributed by atoms with Gasteiger partial charge in [0.15, 0.2) is 0 Å². The summed E-state index contributed by atoms with van der Waals surface area (Å²) in [6.07, 6.45) is 5.39. The number of carbonyl (C=O) groups excluding carboxylic acids is 1. The van der Waals surface area contributed by atoms with Gasteiger partial charge in [0.25, 0.3) is 0 Å². The summed E-state index contributed by atoms with van der Waals surface area (Å²) in [7, 11) is 0. The molecule has 0 spiro atoms. The number of carbonyl (C=O) groups is 1. The second-order valence-electron chi connectivity index (χ2n) is 5.31. The summed E-state index contributed by atoms with van der Waals surface area (Å²) < 4.78 is 0. The highest BCUT2D eigenvalue weighted by Crippen LogP contribution is 2.35. The first-order valence-corrected chi connectivity index (χ1v) is 6.56. The van der Waals surface area contributed by atoms with Crippen LogP contribution in [-0.2, 0) is 4.79 Å². The number of nitrogens with two attached hydrogens (primary N) is 1. The molecule has 0 radical (unpaired) electrons. The normalized spacial score (nSPS) is 33.1. The minimum Gasteiger partial charge on any atom is -0.352 e. The molecular weight excluding hydrogens is 214 g/mol. The zero-order valence-electron chi connectivity index (χ0n) is 10.4. The molecule has 1 aliphatic carbocycles. The Hall–Kier alpha value is -0.870. The number of hydrogen-bond donors (Lipinski definition) is 2. The van der Waals surface area contributed by atoms with E-state index in [-0.39, 0.29) is 5.91 Å². The molecule has 1 aliphatic heterocycles. The van der Waals surface area contributed by atoms with E-state index in [0.717, 1.165) is 19.5 Å². The molecule has 1 heterocycles. The van der Waals surface area contributed by atoms with Crippen molar-refractivity contribution < 1.29 is 4.79 Å². The van der Waals surface area contributed by atoms with Crippen LogP contribution in [0.5, 0.6) is 0 Å². The number of amides is 1. The first-order valence-electron chi connectivity index (χ1n) is 6.56. The number of hydrogen-bond acceptors (Lipinski definition) is 3. The van der Waals surface area contributed by atoms with Gasteiger partial charge in [-0.3, -0.25) is 9.69 Å². The predicted molar refractivity (Wildman–Crippen MR) is 68.5 cm³/mol. The van der Waals surface area contributed by atoms with E-state index in [9.17, 15) is 4.79 Å². The topological polar surface area (TPSA) is 58.4 Å². The lowest BCUT2D eigenvalue weighted by molar-refractivity contribution is -0.121. The Morgan fingerprint density at radius 3 is 3.00 bits per heavy atom. The van der Waals surface area contributed by atoms with Crippen molar-refractivity contribution in [2.24, 2.45) is 17.6 Å². The Balaban J connectivity index is 1.80. The minimum atomic E-state index is 0.0946. The van der Waals surface area contributed by atoms with Gasteiger partial charge in [-0.1, -0.05) is 12.5 Å². The van der Waals surface area contributed by atoms with Crippen molar-refractivity contribution in [3.05, 3.63) is 12.7 Å². The summed E-state index contributed by atoms with van der Waals surface area (Å²) in [5.74, 6) is 1.42. The minimum absolute atomic E-state index is 0.0946. The molecule has 96 valence electrons. The molecule has 2 rings (SSSR count). The van der Waals surface area contributed by atoms with E-state index in [2.05, 4.69) is 16.8 Å². The van der Waals surface area contributed by atoms with Gasteiger partial charge in [-0.15, -0.1) is 6.58 Å². The Labute approximate surface area is 103 Å². The van der Waals surface area contributed by atoms with Crippen LogP contribution in [0.15, 0.2) is 12.7 Å². The van der Waals surface area contributed by atoms with E-state index in [1.54, 1.807) is 6.08 Å². The second-order valence-corrected chi connectivity index (χ2v) is 5.31. The standard InChI is InChI=1S/C13H23N3O/c1-2-6-15-13(17)9-16-7-10-4-3-5-12(14)11(10)8-16/h2,10-12H,1,3-9,14H2,(H,15,17). The molecule has 2 aliphatic rings. The SMILES string of the molecule is C=CCNC(=O)CN1CC2CCCC(N)C2C1. The molecule has 2 fully saturated rings. The first-order chi connectivity index (χ1) is 8.20. The van der Waals surface area contributed by atoms with Crippen LogP contribution in [0.25, 0.3) is 0 Å². The van der Waals surface area contributed by atoms with E-state index < -0.39 is 0 Å². The fourth-order valence-electron chi connectivity index (χ4n) is 3.18. The lowest BCUT2D eigenvalue weighted by Gasteiger charge is -2.29. The third-order valence-corrected chi connectivity index (χ3v) is 4.04. The molecular formula is C13H23N3O. The summed E-state index contributed by atoms with van der Waals surface area (Å²) in [4.78, 5) is 13.9. The molecule has 3 unspecified atom stereocenters. The summed E-state index contributed by atoms with van der Waals surface area (Å²) >= 11 is 0. The number of likely N-dealkylation sites (tertiary alicyclic amines) is 1. The van der Waals surface area contributed by atoms with Crippen molar-refractivity contribution in [1.82, 2.24) is 10.2 Å². The highest BCUT2D eigenvalue weighted by atomic mass is 16.2. The summed E-state index contributed by atoms with van der Waals surface area (Å²) in [5, 5.41) is 2.82. The zero-order valence-corrected chi connectivity index (χ0v) is 10.4. The molecule has 0 aromatic rings. The van der Waals surface area contributed by atoms with Crippen molar-refractivity contribution in [3.63, 3.8) is 0 Å². The summed E-state index contributed by atoms with van der Waals surface area (Å²) in [6.45, 7) is 6.69. The van der Waals surface area contributed by atoms with E-state index >= 15 is 0 Å². The van der Waals surface area contributed by atoms with Crippen LogP contribution < -0.4 is 11.1 Å². The maximum Gasteiger partial charge on any atom is 0.234 e. The Bertz CT molecular complexity index is 292. The summed E-state index contributed by atoms with van der Waals surface area (Å²) in [5.41, 5.74) is 6.15. The Morgan fingerprint density at radius 2 is 2.29 bits per heavy atom. The Morgan fingerprint density at radius 1 is 1.47 bits per heavy atom. The van der Waals surface area contributed by atoms with Crippen molar-refractivity contribution in [3.8, 4) is 0 Å². The van der Waals surface area contributed by atoms with Crippen molar-refractivity contribution in [2.75, 3.05) is 26.2 Å². The average Bonchev–Trinajstić information content (AvgIpc) is 2.70. The third-order valence-electron chi connectivity index (χ3n) is 4.04. The average molecular weight is 237 g/mol. The maximum absolute atomic E-state index is 11.6. The van der Waals surface area contributed by atoms with E-state index in [1.165, 1.54) is 12.8 Å². The van der Waals surface area contributed by atoms with Crippen LogP contribution in [0.1, 0.15) is 19.3 Å². The molecule has 3 atom stereocenters. The lowest BCUT2D eigenvalue weighted by atomic mass is 9.78. The zero-order chi connectivity index (χ0) is 12.3. The number of rotatable bonds is 4. The molecule has 0 bridgehead atoms. The van der Waals surface area contributed by atoms with Crippen molar-refractivity contribution in [2.45, 2.75) is 25.3 Å². The highest BCUT2D eigenvalue weighted by Gasteiger charge is 2.38.